The lowest BCUT2D eigenvalue weighted by Crippen LogP contribution is -2.18. The molecular weight excluding hydrogens is 276 g/mol. The number of hydrogen-bond acceptors (Lipinski definition) is 3. The number of halogens is 1. The summed E-state index contributed by atoms with van der Waals surface area (Å²) in [6.07, 6.45) is 0. The van der Waals surface area contributed by atoms with Gasteiger partial charge in [-0.15, -0.1) is 0 Å². The predicted octanol–water partition coefficient (Wildman–Crippen LogP) is 3.08. The van der Waals surface area contributed by atoms with Crippen molar-refractivity contribution in [3.63, 3.8) is 0 Å². The van der Waals surface area contributed by atoms with Crippen LogP contribution in [0.3, 0.4) is 0 Å². The smallest absolute Gasteiger partial charge is 0.250 e. The van der Waals surface area contributed by atoms with Crippen LogP contribution in [0, 0.1) is 0 Å². The third-order valence-corrected chi connectivity index (χ3v) is 2.92. The van der Waals surface area contributed by atoms with Crippen LogP contribution in [-0.4, -0.2) is 12.5 Å². The number of nitrogens with one attached hydrogen (secondary N) is 1. The molecule has 0 aliphatic carbocycles. The second-order valence-electron chi connectivity index (χ2n) is 4.27. The van der Waals surface area contributed by atoms with Crippen LogP contribution in [0.2, 0.25) is 5.02 Å². The summed E-state index contributed by atoms with van der Waals surface area (Å²) in [5.74, 6) is -0.257. The van der Waals surface area contributed by atoms with Crippen LogP contribution in [0.25, 0.3) is 0 Å². The molecule has 2 aromatic carbocycles. The van der Waals surface area contributed by atoms with E-state index in [1.54, 1.807) is 18.2 Å². The van der Waals surface area contributed by atoms with Crippen molar-refractivity contribution in [1.82, 2.24) is 0 Å². The molecule has 0 aliphatic heterocycles. The SMILES string of the molecule is Nc1ccc(NC(=O)COCc2ccccc2)c(Cl)c1. The number of carbonyl (C=O) groups is 1. The minimum absolute atomic E-state index is 0.0321. The molecule has 4 nitrogen and oxygen atoms in total. The van der Waals surface area contributed by atoms with Crippen molar-refractivity contribution in [2.24, 2.45) is 0 Å². The molecule has 0 atom stereocenters. The average Bonchev–Trinajstić information content (AvgIpc) is 2.43. The fourth-order valence-electron chi connectivity index (χ4n) is 1.65. The quantitative estimate of drug-likeness (QED) is 0.832. The summed E-state index contributed by atoms with van der Waals surface area (Å²) in [7, 11) is 0. The highest BCUT2D eigenvalue weighted by Gasteiger charge is 2.06. The molecule has 104 valence electrons. The van der Waals surface area contributed by atoms with Crippen molar-refractivity contribution in [2.75, 3.05) is 17.7 Å². The van der Waals surface area contributed by atoms with E-state index in [-0.39, 0.29) is 12.5 Å². The third-order valence-electron chi connectivity index (χ3n) is 2.61. The Morgan fingerprint density at radius 1 is 1.20 bits per heavy atom. The molecule has 0 saturated heterocycles. The maximum absolute atomic E-state index is 11.7. The third kappa shape index (κ3) is 4.26. The minimum atomic E-state index is -0.257. The van der Waals surface area contributed by atoms with Crippen LogP contribution in [0.4, 0.5) is 11.4 Å². The molecule has 20 heavy (non-hydrogen) atoms. The molecule has 0 aliphatic rings. The van der Waals surface area contributed by atoms with Crippen LogP contribution in [0.5, 0.6) is 0 Å². The molecule has 0 unspecified atom stereocenters. The summed E-state index contributed by atoms with van der Waals surface area (Å²) in [4.78, 5) is 11.7. The summed E-state index contributed by atoms with van der Waals surface area (Å²) in [5.41, 5.74) is 7.67. The lowest BCUT2D eigenvalue weighted by molar-refractivity contribution is -0.121. The molecule has 5 heteroatoms. The Morgan fingerprint density at radius 3 is 2.65 bits per heavy atom. The van der Waals surface area contributed by atoms with Gasteiger partial charge in [-0.3, -0.25) is 4.79 Å². The number of rotatable bonds is 5. The van der Waals surface area contributed by atoms with Gasteiger partial charge in [-0.1, -0.05) is 41.9 Å². The second-order valence-corrected chi connectivity index (χ2v) is 4.67. The van der Waals surface area contributed by atoms with Crippen LogP contribution in [-0.2, 0) is 16.1 Å². The first kappa shape index (κ1) is 14.4. The van der Waals surface area contributed by atoms with Crippen molar-refractivity contribution in [1.29, 1.82) is 0 Å². The number of anilines is 2. The Bertz CT molecular complexity index is 588. The predicted molar refractivity (Wildman–Crippen MR) is 80.6 cm³/mol. The molecule has 0 fully saturated rings. The Hall–Kier alpha value is -2.04. The van der Waals surface area contributed by atoms with Crippen molar-refractivity contribution in [3.8, 4) is 0 Å². The maximum Gasteiger partial charge on any atom is 0.250 e. The lowest BCUT2D eigenvalue weighted by Gasteiger charge is -2.08. The van der Waals surface area contributed by atoms with Gasteiger partial charge in [-0.2, -0.15) is 0 Å². The van der Waals surface area contributed by atoms with Gasteiger partial charge >= 0.3 is 0 Å². The first-order chi connectivity index (χ1) is 9.65. The lowest BCUT2D eigenvalue weighted by atomic mass is 10.2. The minimum Gasteiger partial charge on any atom is -0.399 e. The molecule has 0 heterocycles. The van der Waals surface area contributed by atoms with Gasteiger partial charge in [0.25, 0.3) is 0 Å². The van der Waals surface area contributed by atoms with Gasteiger partial charge in [-0.05, 0) is 23.8 Å². The molecular formula is C15H15ClN2O2. The standard InChI is InChI=1S/C15H15ClN2O2/c16-13-8-12(17)6-7-14(13)18-15(19)10-20-9-11-4-2-1-3-5-11/h1-8H,9-10,17H2,(H,18,19). The number of amides is 1. The molecule has 0 aromatic heterocycles. The number of ether oxygens (including phenoxy) is 1. The van der Waals surface area contributed by atoms with Crippen LogP contribution < -0.4 is 11.1 Å². The fraction of sp³-hybridized carbons (Fsp3) is 0.133. The molecule has 2 aromatic rings. The molecule has 0 spiro atoms. The zero-order valence-corrected chi connectivity index (χ0v) is 11.6. The van der Waals surface area contributed by atoms with E-state index in [0.717, 1.165) is 5.56 Å². The molecule has 0 bridgehead atoms. The van der Waals surface area contributed by atoms with Gasteiger partial charge in [0.2, 0.25) is 5.91 Å². The first-order valence-electron chi connectivity index (χ1n) is 6.11. The highest BCUT2D eigenvalue weighted by atomic mass is 35.5. The van der Waals surface area contributed by atoms with Gasteiger partial charge < -0.3 is 15.8 Å². The monoisotopic (exact) mass is 290 g/mol. The Balaban J connectivity index is 1.81. The topological polar surface area (TPSA) is 64.3 Å². The zero-order chi connectivity index (χ0) is 14.4. The summed E-state index contributed by atoms with van der Waals surface area (Å²) in [6, 6.07) is 14.6. The first-order valence-corrected chi connectivity index (χ1v) is 6.49. The van der Waals surface area contributed by atoms with Crippen molar-refractivity contribution in [3.05, 3.63) is 59.1 Å². The Morgan fingerprint density at radius 2 is 1.95 bits per heavy atom. The second kappa shape index (κ2) is 6.93. The highest BCUT2D eigenvalue weighted by molar-refractivity contribution is 6.34. The van der Waals surface area contributed by atoms with E-state index in [1.165, 1.54) is 0 Å². The zero-order valence-electron chi connectivity index (χ0n) is 10.8. The van der Waals surface area contributed by atoms with Crippen LogP contribution in [0.15, 0.2) is 48.5 Å². The van der Waals surface area contributed by atoms with Crippen LogP contribution in [0.1, 0.15) is 5.56 Å². The van der Waals surface area contributed by atoms with Gasteiger partial charge in [0, 0.05) is 5.69 Å². The van der Waals surface area contributed by atoms with E-state index in [1.807, 2.05) is 30.3 Å². The summed E-state index contributed by atoms with van der Waals surface area (Å²) >= 11 is 5.97. The van der Waals surface area contributed by atoms with E-state index in [0.29, 0.717) is 23.0 Å². The molecule has 0 radical (unpaired) electrons. The molecule has 1 amide bonds. The maximum atomic E-state index is 11.7. The number of hydrogen-bond donors (Lipinski definition) is 2. The summed E-state index contributed by atoms with van der Waals surface area (Å²) in [6.45, 7) is 0.360. The van der Waals surface area contributed by atoms with E-state index in [4.69, 9.17) is 22.1 Å². The van der Waals surface area contributed by atoms with Gasteiger partial charge in [0.1, 0.15) is 6.61 Å². The van der Waals surface area contributed by atoms with E-state index in [2.05, 4.69) is 5.32 Å². The van der Waals surface area contributed by atoms with Crippen LogP contribution >= 0.6 is 11.6 Å². The Kier molecular flexibility index (Phi) is 4.98. The largest absolute Gasteiger partial charge is 0.399 e. The van der Waals surface area contributed by atoms with Gasteiger partial charge in [-0.25, -0.2) is 0 Å². The molecule has 0 saturated carbocycles. The number of nitrogens with two attached hydrogens (primary N) is 1. The number of nitrogen functional groups attached to an aromatic ring is 1. The van der Waals surface area contributed by atoms with Crippen molar-refractivity contribution >= 4 is 28.9 Å². The number of carbonyl (C=O) groups excluding carboxylic acids is 1. The number of benzene rings is 2. The van der Waals surface area contributed by atoms with Crippen molar-refractivity contribution < 1.29 is 9.53 Å². The summed E-state index contributed by atoms with van der Waals surface area (Å²) < 4.78 is 5.34. The van der Waals surface area contributed by atoms with Gasteiger partial charge in [0.15, 0.2) is 0 Å². The molecule has 2 rings (SSSR count). The van der Waals surface area contributed by atoms with E-state index in [9.17, 15) is 4.79 Å². The summed E-state index contributed by atoms with van der Waals surface area (Å²) in [5, 5.41) is 3.08. The fourth-order valence-corrected chi connectivity index (χ4v) is 1.89. The van der Waals surface area contributed by atoms with E-state index >= 15 is 0 Å². The Labute approximate surface area is 122 Å². The molecule has 3 N–H and O–H groups in total. The van der Waals surface area contributed by atoms with Crippen molar-refractivity contribution in [2.45, 2.75) is 6.61 Å². The normalized spacial score (nSPS) is 10.2. The van der Waals surface area contributed by atoms with Gasteiger partial charge in [0.05, 0.1) is 17.3 Å². The highest BCUT2D eigenvalue weighted by Crippen LogP contribution is 2.23. The average molecular weight is 291 g/mol. The van der Waals surface area contributed by atoms with E-state index < -0.39 is 0 Å².